The summed E-state index contributed by atoms with van der Waals surface area (Å²) in [6.45, 7) is 1.60. The lowest BCUT2D eigenvalue weighted by Gasteiger charge is -2.30. The van der Waals surface area contributed by atoms with Crippen LogP contribution in [0.2, 0.25) is 5.02 Å². The predicted molar refractivity (Wildman–Crippen MR) is 124 cm³/mol. The Balaban J connectivity index is 1.51. The Morgan fingerprint density at radius 2 is 1.82 bits per heavy atom. The van der Waals surface area contributed by atoms with Gasteiger partial charge >= 0.3 is 0 Å². The monoisotopic (exact) mass is 479 g/mol. The van der Waals surface area contributed by atoms with Gasteiger partial charge in [-0.25, -0.2) is 4.90 Å². The molecule has 0 unspecified atom stereocenters. The summed E-state index contributed by atoms with van der Waals surface area (Å²) in [4.78, 5) is 52.0. The molecule has 0 aromatic heterocycles. The predicted octanol–water partition coefficient (Wildman–Crippen LogP) is 2.91. The second-order valence-corrected chi connectivity index (χ2v) is 8.69. The molecule has 11 heteroatoms. The number of nitro benzene ring substituents is 1. The number of hydrogen-bond acceptors (Lipinski definition) is 7. The van der Waals surface area contributed by atoms with Crippen LogP contribution in [0, 0.1) is 28.9 Å². The number of imide groups is 1. The third-order valence-electron chi connectivity index (χ3n) is 6.30. The molecule has 2 aromatic rings. The molecule has 3 amide bonds. The van der Waals surface area contributed by atoms with Crippen LogP contribution in [0.15, 0.2) is 59.7 Å². The third kappa shape index (κ3) is 3.34. The summed E-state index contributed by atoms with van der Waals surface area (Å²) in [5.41, 5.74) is 1.02. The number of carbonyl (C=O) groups is 3. The van der Waals surface area contributed by atoms with Crippen molar-refractivity contribution in [2.45, 2.75) is 19.0 Å². The van der Waals surface area contributed by atoms with Crippen LogP contribution in [0.4, 0.5) is 17.1 Å². The Bertz CT molecular complexity index is 1290. The molecule has 4 atom stereocenters. The molecule has 2 aromatic carbocycles. The number of nitrogens with zero attached hydrogens (tertiary/aromatic N) is 4. The van der Waals surface area contributed by atoms with Crippen molar-refractivity contribution in [1.29, 1.82) is 0 Å². The van der Waals surface area contributed by atoms with Crippen molar-refractivity contribution in [2.24, 2.45) is 16.9 Å². The van der Waals surface area contributed by atoms with E-state index in [1.54, 1.807) is 43.3 Å². The highest BCUT2D eigenvalue weighted by Gasteiger charge is 2.64. The Morgan fingerprint density at radius 1 is 1.12 bits per heavy atom. The first kappa shape index (κ1) is 21.8. The largest absolute Gasteiger partial charge is 0.324 e. The van der Waals surface area contributed by atoms with Gasteiger partial charge in [0, 0.05) is 29.1 Å². The summed E-state index contributed by atoms with van der Waals surface area (Å²) in [5, 5.41) is 20.2. The molecule has 2 fully saturated rings. The van der Waals surface area contributed by atoms with Gasteiger partial charge in [-0.1, -0.05) is 17.7 Å². The number of hydrogen-bond donors (Lipinski definition) is 1. The van der Waals surface area contributed by atoms with E-state index in [-0.39, 0.29) is 11.4 Å². The number of carbonyl (C=O) groups excluding carboxylic acids is 3. The van der Waals surface area contributed by atoms with Crippen molar-refractivity contribution in [3.8, 4) is 0 Å². The summed E-state index contributed by atoms with van der Waals surface area (Å²) in [5.74, 6) is -3.28. The van der Waals surface area contributed by atoms with Crippen molar-refractivity contribution in [3.63, 3.8) is 0 Å². The molecule has 34 heavy (non-hydrogen) atoms. The maximum Gasteiger partial charge on any atom is 0.269 e. The van der Waals surface area contributed by atoms with Gasteiger partial charge in [-0.15, -0.1) is 0 Å². The molecule has 3 aliphatic rings. The normalized spacial score (nSPS) is 24.9. The number of halogens is 1. The molecular formula is C23H18ClN5O5. The van der Waals surface area contributed by atoms with Crippen LogP contribution in [0.25, 0.3) is 0 Å². The average molecular weight is 480 g/mol. The van der Waals surface area contributed by atoms with E-state index in [4.69, 9.17) is 11.6 Å². The molecule has 5 rings (SSSR count). The lowest BCUT2D eigenvalue weighted by atomic mass is 9.88. The zero-order chi connectivity index (χ0) is 24.1. The van der Waals surface area contributed by atoms with Gasteiger partial charge in [0.25, 0.3) is 5.69 Å². The van der Waals surface area contributed by atoms with E-state index in [1.807, 2.05) is 0 Å². The van der Waals surface area contributed by atoms with Crippen LogP contribution in [-0.2, 0) is 14.4 Å². The summed E-state index contributed by atoms with van der Waals surface area (Å²) in [6.07, 6.45) is 4.93. The minimum absolute atomic E-state index is 0.142. The van der Waals surface area contributed by atoms with E-state index >= 15 is 0 Å². The fourth-order valence-corrected chi connectivity index (χ4v) is 4.95. The van der Waals surface area contributed by atoms with Crippen molar-refractivity contribution < 1.29 is 19.3 Å². The molecule has 3 aliphatic heterocycles. The summed E-state index contributed by atoms with van der Waals surface area (Å²) >= 11 is 5.92. The Labute approximate surface area is 198 Å². The first-order chi connectivity index (χ1) is 16.3. The Morgan fingerprint density at radius 3 is 2.50 bits per heavy atom. The average Bonchev–Trinajstić information content (AvgIpc) is 3.28. The number of anilines is 2. The van der Waals surface area contributed by atoms with Crippen molar-refractivity contribution in [2.75, 3.05) is 10.2 Å². The number of hydrazone groups is 1. The van der Waals surface area contributed by atoms with Crippen LogP contribution in [0.1, 0.15) is 5.56 Å². The first-order valence-electron chi connectivity index (χ1n) is 10.5. The van der Waals surface area contributed by atoms with E-state index in [9.17, 15) is 24.5 Å². The van der Waals surface area contributed by atoms with Gasteiger partial charge in [0.1, 0.15) is 6.04 Å². The molecule has 0 aliphatic carbocycles. The minimum Gasteiger partial charge on any atom is -0.324 e. The van der Waals surface area contributed by atoms with Crippen molar-refractivity contribution in [3.05, 3.63) is 75.3 Å². The van der Waals surface area contributed by atoms with E-state index < -0.39 is 46.6 Å². The van der Waals surface area contributed by atoms with Gasteiger partial charge in [-0.05, 0) is 48.9 Å². The second-order valence-electron chi connectivity index (χ2n) is 8.25. The molecule has 172 valence electrons. The first-order valence-corrected chi connectivity index (χ1v) is 10.8. The number of allylic oxidation sites excluding steroid dienone is 1. The lowest BCUT2D eigenvalue weighted by molar-refractivity contribution is -0.384. The van der Waals surface area contributed by atoms with Crippen LogP contribution in [0.5, 0.6) is 0 Å². The zero-order valence-corrected chi connectivity index (χ0v) is 18.5. The van der Waals surface area contributed by atoms with Gasteiger partial charge in [-0.3, -0.25) is 29.5 Å². The van der Waals surface area contributed by atoms with E-state index in [2.05, 4.69) is 10.4 Å². The number of amides is 3. The molecule has 3 heterocycles. The fraction of sp³-hybridized carbons (Fsp3) is 0.217. The highest BCUT2D eigenvalue weighted by molar-refractivity contribution is 6.30. The van der Waals surface area contributed by atoms with Gasteiger partial charge in [0.15, 0.2) is 0 Å². The molecule has 0 saturated carbocycles. The molecule has 0 spiro atoms. The van der Waals surface area contributed by atoms with E-state index in [0.29, 0.717) is 16.3 Å². The number of nitro groups is 1. The third-order valence-corrected chi connectivity index (χ3v) is 6.56. The molecule has 0 bridgehead atoms. The number of aryl methyl sites for hydroxylation is 1. The van der Waals surface area contributed by atoms with Crippen LogP contribution < -0.4 is 10.2 Å². The van der Waals surface area contributed by atoms with Crippen LogP contribution in [-0.4, -0.2) is 46.0 Å². The molecule has 1 N–H and O–H groups in total. The molecule has 10 nitrogen and oxygen atoms in total. The maximum atomic E-state index is 13.6. The molecule has 0 radical (unpaired) electrons. The quantitative estimate of drug-likeness (QED) is 0.408. The lowest BCUT2D eigenvalue weighted by Crippen LogP contribution is -2.47. The Kier molecular flexibility index (Phi) is 5.17. The van der Waals surface area contributed by atoms with E-state index in [1.165, 1.54) is 29.4 Å². The molecular weight excluding hydrogens is 462 g/mol. The van der Waals surface area contributed by atoms with E-state index in [0.717, 1.165) is 4.90 Å². The Hall–Kier alpha value is -4.05. The summed E-state index contributed by atoms with van der Waals surface area (Å²) in [6, 6.07) is 8.88. The van der Waals surface area contributed by atoms with Crippen molar-refractivity contribution >= 4 is 52.6 Å². The van der Waals surface area contributed by atoms with Gasteiger partial charge in [-0.2, -0.15) is 5.10 Å². The van der Waals surface area contributed by atoms with Crippen LogP contribution >= 0.6 is 11.6 Å². The fourth-order valence-electron chi connectivity index (χ4n) is 4.83. The number of non-ortho nitro benzene ring substituents is 1. The standard InChI is InChI=1S/C23H18ClN5O5/c1-12-11-15(29(33)34)8-9-16(12)27-22(31)18-17-3-2-10-25-28(17)20(19(18)23(27)32)21(30)26-14-6-4-13(24)5-7-14/h2-11,17-20H,1H3,(H,26,30)/t17-,18-,19-,20+/m0/s1. The van der Waals surface area contributed by atoms with Crippen molar-refractivity contribution in [1.82, 2.24) is 5.01 Å². The minimum atomic E-state index is -1.02. The number of nitrogens with one attached hydrogen (secondary N) is 1. The van der Waals surface area contributed by atoms with Gasteiger partial charge < -0.3 is 5.32 Å². The SMILES string of the molecule is Cc1cc([N+](=O)[O-])ccc1N1C(=O)[C@@H]2[C@H](C1=O)[C@H](C(=O)Nc1ccc(Cl)cc1)N1N=CC=C[C@@H]21. The maximum absolute atomic E-state index is 13.6. The smallest absolute Gasteiger partial charge is 0.269 e. The summed E-state index contributed by atoms with van der Waals surface area (Å²) in [7, 11) is 0. The number of rotatable bonds is 4. The zero-order valence-electron chi connectivity index (χ0n) is 17.8. The summed E-state index contributed by atoms with van der Waals surface area (Å²) < 4.78 is 0. The number of benzene rings is 2. The van der Waals surface area contributed by atoms with Gasteiger partial charge in [0.05, 0.1) is 28.5 Å². The van der Waals surface area contributed by atoms with Gasteiger partial charge in [0.2, 0.25) is 17.7 Å². The van der Waals surface area contributed by atoms with Crippen LogP contribution in [0.3, 0.4) is 0 Å². The highest BCUT2D eigenvalue weighted by Crippen LogP contribution is 2.46. The molecule has 2 saturated heterocycles. The number of fused-ring (bicyclic) bond motifs is 3. The second kappa shape index (κ2) is 8.07. The highest BCUT2D eigenvalue weighted by atomic mass is 35.5. The topological polar surface area (TPSA) is 125 Å².